The third-order valence-corrected chi connectivity index (χ3v) is 4.99. The molecule has 2 aromatic carbocycles. The molecule has 3 aromatic rings. The number of benzene rings is 2. The van der Waals surface area contributed by atoms with E-state index in [1.54, 1.807) is 0 Å². The fourth-order valence-corrected chi connectivity index (χ4v) is 3.20. The number of anilines is 1. The van der Waals surface area contributed by atoms with E-state index >= 15 is 0 Å². The molecule has 1 aromatic heterocycles. The lowest BCUT2D eigenvalue weighted by atomic mass is 10.1. The summed E-state index contributed by atoms with van der Waals surface area (Å²) in [6, 6.07) is 15.6. The summed E-state index contributed by atoms with van der Waals surface area (Å²) >= 11 is 0. The molecule has 0 saturated carbocycles. The number of aromatic nitrogens is 1. The first-order chi connectivity index (χ1) is 14.7. The Bertz CT molecular complexity index is 926. The molecular formula is C25H32N2O3. The maximum atomic E-state index is 6.12. The molecular weight excluding hydrogens is 376 g/mol. The van der Waals surface area contributed by atoms with Gasteiger partial charge in [-0.3, -0.25) is 0 Å². The molecule has 2 N–H and O–H groups in total. The van der Waals surface area contributed by atoms with Gasteiger partial charge < -0.3 is 19.9 Å². The Morgan fingerprint density at radius 2 is 1.60 bits per heavy atom. The first kappa shape index (κ1) is 21.9. The SMILES string of the molecule is CCCCOc1c(C)c(COCCCCOc2ccc(N)cc2)nc2ccccc12. The van der Waals surface area contributed by atoms with Crippen molar-refractivity contribution in [2.75, 3.05) is 25.6 Å². The van der Waals surface area contributed by atoms with E-state index in [9.17, 15) is 0 Å². The van der Waals surface area contributed by atoms with Gasteiger partial charge in [-0.25, -0.2) is 4.98 Å². The second-order valence-electron chi connectivity index (χ2n) is 7.41. The quantitative estimate of drug-likeness (QED) is 0.308. The van der Waals surface area contributed by atoms with Gasteiger partial charge in [0.1, 0.15) is 11.5 Å². The number of rotatable bonds is 12. The summed E-state index contributed by atoms with van der Waals surface area (Å²) in [7, 11) is 0. The van der Waals surface area contributed by atoms with Gasteiger partial charge in [-0.2, -0.15) is 0 Å². The highest BCUT2D eigenvalue weighted by Crippen LogP contribution is 2.31. The maximum absolute atomic E-state index is 6.12. The zero-order valence-corrected chi connectivity index (χ0v) is 18.0. The molecule has 30 heavy (non-hydrogen) atoms. The monoisotopic (exact) mass is 408 g/mol. The van der Waals surface area contributed by atoms with E-state index in [2.05, 4.69) is 19.9 Å². The second-order valence-corrected chi connectivity index (χ2v) is 7.41. The van der Waals surface area contributed by atoms with Crippen LogP contribution in [0.25, 0.3) is 10.9 Å². The molecule has 0 unspecified atom stereocenters. The van der Waals surface area contributed by atoms with Crippen LogP contribution in [0.2, 0.25) is 0 Å². The fraction of sp³-hybridized carbons (Fsp3) is 0.400. The second kappa shape index (κ2) is 11.4. The number of ether oxygens (including phenoxy) is 3. The van der Waals surface area contributed by atoms with Crippen LogP contribution in [0.1, 0.15) is 43.9 Å². The van der Waals surface area contributed by atoms with Crippen molar-refractivity contribution in [2.45, 2.75) is 46.1 Å². The number of hydrogen-bond acceptors (Lipinski definition) is 5. The van der Waals surface area contributed by atoms with Gasteiger partial charge in [0.2, 0.25) is 0 Å². The minimum Gasteiger partial charge on any atom is -0.494 e. The summed E-state index contributed by atoms with van der Waals surface area (Å²) in [6.45, 7) is 6.78. The predicted molar refractivity (Wildman–Crippen MR) is 122 cm³/mol. The van der Waals surface area contributed by atoms with Crippen molar-refractivity contribution in [3.63, 3.8) is 0 Å². The molecule has 0 saturated heterocycles. The normalized spacial score (nSPS) is 11.0. The number of nitrogen functional groups attached to an aromatic ring is 1. The van der Waals surface area contributed by atoms with E-state index in [-0.39, 0.29) is 0 Å². The van der Waals surface area contributed by atoms with Crippen LogP contribution in [0.5, 0.6) is 11.5 Å². The van der Waals surface area contributed by atoms with Crippen molar-refractivity contribution in [1.29, 1.82) is 0 Å². The molecule has 5 heteroatoms. The molecule has 160 valence electrons. The molecule has 0 fully saturated rings. The van der Waals surface area contributed by atoms with Crippen LogP contribution in [-0.2, 0) is 11.3 Å². The van der Waals surface area contributed by atoms with Crippen LogP contribution in [0.15, 0.2) is 48.5 Å². The Hall–Kier alpha value is -2.79. The minimum absolute atomic E-state index is 0.486. The van der Waals surface area contributed by atoms with Gasteiger partial charge in [-0.1, -0.05) is 25.5 Å². The Labute approximate surface area is 179 Å². The summed E-state index contributed by atoms with van der Waals surface area (Å²) in [5.74, 6) is 1.78. The van der Waals surface area contributed by atoms with Crippen LogP contribution in [0.4, 0.5) is 5.69 Å². The van der Waals surface area contributed by atoms with E-state index in [0.29, 0.717) is 19.8 Å². The van der Waals surface area contributed by atoms with E-state index in [4.69, 9.17) is 24.9 Å². The lowest BCUT2D eigenvalue weighted by Crippen LogP contribution is -2.06. The Morgan fingerprint density at radius 1 is 0.867 bits per heavy atom. The molecule has 0 atom stereocenters. The summed E-state index contributed by atoms with van der Waals surface area (Å²) in [6.07, 6.45) is 4.02. The molecule has 0 radical (unpaired) electrons. The van der Waals surface area contributed by atoms with Crippen molar-refractivity contribution >= 4 is 16.6 Å². The van der Waals surface area contributed by atoms with Gasteiger partial charge in [0.05, 0.1) is 31.0 Å². The van der Waals surface area contributed by atoms with Gasteiger partial charge in [0.25, 0.3) is 0 Å². The molecule has 0 bridgehead atoms. The Balaban J connectivity index is 1.49. The summed E-state index contributed by atoms with van der Waals surface area (Å²) < 4.78 is 17.7. The first-order valence-corrected chi connectivity index (χ1v) is 10.8. The molecule has 1 heterocycles. The van der Waals surface area contributed by atoms with E-state index in [1.807, 2.05) is 42.5 Å². The Morgan fingerprint density at radius 3 is 2.40 bits per heavy atom. The van der Waals surface area contributed by atoms with Crippen molar-refractivity contribution in [3.05, 3.63) is 59.8 Å². The number of hydrogen-bond donors (Lipinski definition) is 1. The van der Waals surface area contributed by atoms with E-state index in [1.165, 1.54) is 0 Å². The third-order valence-electron chi connectivity index (χ3n) is 4.99. The smallest absolute Gasteiger partial charge is 0.133 e. The average molecular weight is 409 g/mol. The highest BCUT2D eigenvalue weighted by atomic mass is 16.5. The predicted octanol–water partition coefficient (Wildman–Crippen LogP) is 5.68. The number of nitrogens with zero attached hydrogens (tertiary/aromatic N) is 1. The third kappa shape index (κ3) is 6.10. The maximum Gasteiger partial charge on any atom is 0.133 e. The fourth-order valence-electron chi connectivity index (χ4n) is 3.20. The minimum atomic E-state index is 0.486. The standard InChI is InChI=1S/C25H32N2O3/c1-3-4-16-30-25-19(2)24(27-23-10-6-5-9-22(23)25)18-28-15-7-8-17-29-21-13-11-20(26)12-14-21/h5-6,9-14H,3-4,7-8,15-18,26H2,1-2H3. The number of para-hydroxylation sites is 1. The molecule has 0 aliphatic rings. The summed E-state index contributed by atoms with van der Waals surface area (Å²) in [4.78, 5) is 4.80. The molecule has 5 nitrogen and oxygen atoms in total. The number of nitrogens with two attached hydrogens (primary N) is 1. The zero-order valence-electron chi connectivity index (χ0n) is 18.0. The topological polar surface area (TPSA) is 66.6 Å². The number of pyridine rings is 1. The molecule has 0 aliphatic heterocycles. The Kier molecular flexibility index (Phi) is 8.33. The lowest BCUT2D eigenvalue weighted by Gasteiger charge is -2.15. The molecule has 0 amide bonds. The van der Waals surface area contributed by atoms with Crippen LogP contribution in [0, 0.1) is 6.92 Å². The number of fused-ring (bicyclic) bond motifs is 1. The average Bonchev–Trinajstić information content (AvgIpc) is 2.76. The van der Waals surface area contributed by atoms with Gasteiger partial charge in [0, 0.05) is 23.2 Å². The molecule has 0 spiro atoms. The zero-order chi connectivity index (χ0) is 21.2. The molecule has 3 rings (SSSR count). The van der Waals surface area contributed by atoms with Crippen LogP contribution in [-0.4, -0.2) is 24.8 Å². The van der Waals surface area contributed by atoms with Crippen LogP contribution < -0.4 is 15.2 Å². The van der Waals surface area contributed by atoms with Crippen molar-refractivity contribution < 1.29 is 14.2 Å². The van der Waals surface area contributed by atoms with E-state index < -0.39 is 0 Å². The van der Waals surface area contributed by atoms with E-state index in [0.717, 1.165) is 71.6 Å². The summed E-state index contributed by atoms with van der Waals surface area (Å²) in [5, 5.41) is 1.06. The van der Waals surface area contributed by atoms with Crippen molar-refractivity contribution in [2.24, 2.45) is 0 Å². The lowest BCUT2D eigenvalue weighted by molar-refractivity contribution is 0.111. The van der Waals surface area contributed by atoms with Crippen molar-refractivity contribution in [3.8, 4) is 11.5 Å². The highest BCUT2D eigenvalue weighted by molar-refractivity contribution is 5.86. The first-order valence-electron chi connectivity index (χ1n) is 10.8. The molecule has 0 aliphatic carbocycles. The highest BCUT2D eigenvalue weighted by Gasteiger charge is 2.13. The van der Waals surface area contributed by atoms with Gasteiger partial charge >= 0.3 is 0 Å². The van der Waals surface area contributed by atoms with Crippen LogP contribution >= 0.6 is 0 Å². The van der Waals surface area contributed by atoms with Gasteiger partial charge in [0.15, 0.2) is 0 Å². The van der Waals surface area contributed by atoms with Crippen LogP contribution in [0.3, 0.4) is 0 Å². The summed E-state index contributed by atoms with van der Waals surface area (Å²) in [5.41, 5.74) is 9.38. The largest absolute Gasteiger partial charge is 0.494 e. The van der Waals surface area contributed by atoms with Gasteiger partial charge in [-0.15, -0.1) is 0 Å². The number of unbranched alkanes of at least 4 members (excludes halogenated alkanes) is 2. The van der Waals surface area contributed by atoms with Crippen molar-refractivity contribution in [1.82, 2.24) is 4.98 Å². The van der Waals surface area contributed by atoms with Gasteiger partial charge in [-0.05, 0) is 62.6 Å².